The van der Waals surface area contributed by atoms with Crippen LogP contribution < -0.4 is 20.9 Å². The van der Waals surface area contributed by atoms with Crippen molar-refractivity contribution < 1.29 is 17.9 Å². The van der Waals surface area contributed by atoms with Gasteiger partial charge in [0.25, 0.3) is 0 Å². The highest BCUT2D eigenvalue weighted by atomic mass is 32.2. The van der Waals surface area contributed by atoms with Gasteiger partial charge in [-0.25, -0.2) is 8.42 Å². The first kappa shape index (κ1) is 12.7. The molecule has 0 radical (unpaired) electrons. The normalized spacial score (nSPS) is 32.4. The molecule has 0 aromatic heterocycles. The zero-order valence-corrected chi connectivity index (χ0v) is 11.3. The Bertz CT molecular complexity index is 631. The molecular formula is C12H16N2O4S. The second kappa shape index (κ2) is 3.84. The highest BCUT2D eigenvalue weighted by Gasteiger charge is 2.67. The molecule has 3 rings (SSSR count). The monoisotopic (exact) mass is 284 g/mol. The van der Waals surface area contributed by atoms with E-state index >= 15 is 0 Å². The molecule has 0 amide bonds. The van der Waals surface area contributed by atoms with Crippen molar-refractivity contribution >= 4 is 9.84 Å². The van der Waals surface area contributed by atoms with E-state index in [1.165, 1.54) is 6.26 Å². The lowest BCUT2D eigenvalue weighted by Crippen LogP contribution is -2.38. The highest BCUT2D eigenvalue weighted by Crippen LogP contribution is 2.54. The lowest BCUT2D eigenvalue weighted by molar-refractivity contribution is 0.174. The summed E-state index contributed by atoms with van der Waals surface area (Å²) >= 11 is 0. The van der Waals surface area contributed by atoms with Gasteiger partial charge in [0.2, 0.25) is 6.79 Å². The van der Waals surface area contributed by atoms with Crippen LogP contribution in [0.2, 0.25) is 0 Å². The van der Waals surface area contributed by atoms with E-state index in [1.807, 2.05) is 6.07 Å². The van der Waals surface area contributed by atoms with Gasteiger partial charge in [0.1, 0.15) is 0 Å². The second-order valence-electron chi connectivity index (χ2n) is 5.16. The molecule has 7 heteroatoms. The van der Waals surface area contributed by atoms with Gasteiger partial charge in [-0.3, -0.25) is 0 Å². The number of hydrogen-bond donors (Lipinski definition) is 2. The molecule has 1 aliphatic heterocycles. The summed E-state index contributed by atoms with van der Waals surface area (Å²) in [5.74, 6) is 0.994. The van der Waals surface area contributed by atoms with Crippen molar-refractivity contribution in [1.82, 2.24) is 0 Å². The smallest absolute Gasteiger partial charge is 0.231 e. The van der Waals surface area contributed by atoms with Crippen LogP contribution in [0.3, 0.4) is 0 Å². The third kappa shape index (κ3) is 1.80. The van der Waals surface area contributed by atoms with Gasteiger partial charge in [0.05, 0.1) is 10.8 Å². The molecule has 0 unspecified atom stereocenters. The summed E-state index contributed by atoms with van der Waals surface area (Å²) in [5, 5.41) is -0.634. The van der Waals surface area contributed by atoms with Gasteiger partial charge in [-0.1, -0.05) is 6.07 Å². The fourth-order valence-electron chi connectivity index (χ4n) is 2.90. The first-order valence-corrected chi connectivity index (χ1v) is 7.91. The summed E-state index contributed by atoms with van der Waals surface area (Å²) in [6, 6.07) is 5.38. The molecule has 0 spiro atoms. The molecule has 1 heterocycles. The van der Waals surface area contributed by atoms with Gasteiger partial charge >= 0.3 is 0 Å². The third-order valence-electron chi connectivity index (χ3n) is 3.87. The van der Waals surface area contributed by atoms with E-state index in [4.69, 9.17) is 20.9 Å². The van der Waals surface area contributed by atoms with Crippen molar-refractivity contribution in [3.8, 4) is 11.5 Å². The van der Waals surface area contributed by atoms with Crippen molar-refractivity contribution in [3.05, 3.63) is 23.8 Å². The molecule has 1 aromatic rings. The largest absolute Gasteiger partial charge is 0.454 e. The number of hydrogen-bond acceptors (Lipinski definition) is 6. The van der Waals surface area contributed by atoms with Gasteiger partial charge in [0.15, 0.2) is 21.3 Å². The minimum atomic E-state index is -3.24. The van der Waals surface area contributed by atoms with E-state index in [1.54, 1.807) is 12.1 Å². The minimum Gasteiger partial charge on any atom is -0.454 e. The molecule has 4 N–H and O–H groups in total. The Morgan fingerprint density at radius 2 is 2.05 bits per heavy atom. The lowest BCUT2D eigenvalue weighted by atomic mass is 10.1. The maximum atomic E-state index is 11.8. The summed E-state index contributed by atoms with van der Waals surface area (Å²) in [7, 11) is -3.24. The van der Waals surface area contributed by atoms with Crippen molar-refractivity contribution in [1.29, 1.82) is 0 Å². The fourth-order valence-corrected chi connectivity index (χ4v) is 4.77. The molecule has 19 heavy (non-hydrogen) atoms. The summed E-state index contributed by atoms with van der Waals surface area (Å²) in [4.78, 5) is 0. The second-order valence-corrected chi connectivity index (χ2v) is 7.32. The maximum Gasteiger partial charge on any atom is 0.231 e. The van der Waals surface area contributed by atoms with Crippen LogP contribution in [0.5, 0.6) is 11.5 Å². The molecule has 3 atom stereocenters. The zero-order chi connectivity index (χ0) is 13.8. The van der Waals surface area contributed by atoms with Crippen molar-refractivity contribution in [2.75, 3.05) is 19.6 Å². The molecule has 104 valence electrons. The molecule has 0 bridgehead atoms. The predicted octanol–water partition coefficient (Wildman–Crippen LogP) is -0.418. The van der Waals surface area contributed by atoms with Crippen LogP contribution in [0, 0.1) is 0 Å². The molecule has 1 aromatic carbocycles. The zero-order valence-electron chi connectivity index (χ0n) is 10.5. The average Bonchev–Trinajstić information content (AvgIpc) is 2.77. The Labute approximate surface area is 111 Å². The molecule has 6 nitrogen and oxygen atoms in total. The van der Waals surface area contributed by atoms with E-state index in [0.29, 0.717) is 11.5 Å². The van der Waals surface area contributed by atoms with Crippen LogP contribution in [0.1, 0.15) is 11.5 Å². The van der Waals surface area contributed by atoms with E-state index in [9.17, 15) is 8.42 Å². The van der Waals surface area contributed by atoms with Crippen molar-refractivity contribution in [2.24, 2.45) is 11.5 Å². The lowest BCUT2D eigenvalue weighted by Gasteiger charge is -2.08. The van der Waals surface area contributed by atoms with Gasteiger partial charge < -0.3 is 20.9 Å². The highest BCUT2D eigenvalue weighted by molar-refractivity contribution is 7.91. The predicted molar refractivity (Wildman–Crippen MR) is 69.9 cm³/mol. The molecule has 1 aliphatic carbocycles. The summed E-state index contributed by atoms with van der Waals surface area (Å²) in [6.07, 6.45) is 1.20. The van der Waals surface area contributed by atoms with Gasteiger partial charge in [-0.15, -0.1) is 0 Å². The van der Waals surface area contributed by atoms with Crippen LogP contribution in [0.15, 0.2) is 18.2 Å². The van der Waals surface area contributed by atoms with Crippen molar-refractivity contribution in [3.63, 3.8) is 0 Å². The van der Waals surface area contributed by atoms with Crippen LogP contribution >= 0.6 is 0 Å². The van der Waals surface area contributed by atoms with Gasteiger partial charge in [-0.05, 0) is 17.7 Å². The topological polar surface area (TPSA) is 105 Å². The Morgan fingerprint density at radius 1 is 1.37 bits per heavy atom. The number of fused-ring (bicyclic) bond motifs is 1. The van der Waals surface area contributed by atoms with Crippen molar-refractivity contribution in [2.45, 2.75) is 16.7 Å². The fraction of sp³-hybridized carbons (Fsp3) is 0.500. The van der Waals surface area contributed by atoms with E-state index in [0.717, 1.165) is 5.56 Å². The number of rotatable bonds is 3. The van der Waals surface area contributed by atoms with Crippen LogP contribution in [-0.2, 0) is 9.84 Å². The first-order chi connectivity index (χ1) is 8.88. The van der Waals surface area contributed by atoms with Crippen LogP contribution in [0.25, 0.3) is 0 Å². The number of benzene rings is 1. The minimum absolute atomic E-state index is 0.129. The van der Waals surface area contributed by atoms with E-state index < -0.39 is 20.6 Å². The third-order valence-corrected chi connectivity index (χ3v) is 5.51. The average molecular weight is 284 g/mol. The molecule has 1 saturated carbocycles. The summed E-state index contributed by atoms with van der Waals surface area (Å²) < 4.78 is 34.1. The Kier molecular flexibility index (Phi) is 2.57. The van der Waals surface area contributed by atoms with Gasteiger partial charge in [0, 0.05) is 18.7 Å². The first-order valence-electron chi connectivity index (χ1n) is 5.95. The maximum absolute atomic E-state index is 11.8. The Hall–Kier alpha value is -1.31. The standard InChI is InChI=1S/C12H16N2O4S/c1-19(15,16)11-10(12(11,14)5-13)7-2-3-8-9(4-7)18-6-17-8/h2-4,10-11H,5-6,13-14H2,1H3/t10-,11+,12+/m1/s1. The van der Waals surface area contributed by atoms with E-state index in [2.05, 4.69) is 0 Å². The summed E-state index contributed by atoms with van der Waals surface area (Å²) in [6.45, 7) is 0.313. The number of sulfone groups is 1. The Morgan fingerprint density at radius 3 is 2.63 bits per heavy atom. The Balaban J connectivity index is 1.99. The SMILES string of the molecule is CS(=O)(=O)[C@H]1[C@@H](c2ccc3c(c2)OCO3)[C@@]1(N)CN. The van der Waals surface area contributed by atoms with Crippen LogP contribution in [0.4, 0.5) is 0 Å². The van der Waals surface area contributed by atoms with E-state index in [-0.39, 0.29) is 19.3 Å². The van der Waals surface area contributed by atoms with Gasteiger partial charge in [-0.2, -0.15) is 0 Å². The molecule has 0 saturated heterocycles. The number of nitrogens with two attached hydrogens (primary N) is 2. The molecule has 1 fully saturated rings. The molecule has 2 aliphatic rings. The van der Waals surface area contributed by atoms with Crippen LogP contribution in [-0.4, -0.2) is 38.8 Å². The quantitative estimate of drug-likeness (QED) is 0.781. The summed E-state index contributed by atoms with van der Waals surface area (Å²) in [5.41, 5.74) is 11.7. The molecular weight excluding hydrogens is 268 g/mol. The number of ether oxygens (including phenoxy) is 2.